The van der Waals surface area contributed by atoms with E-state index in [1.807, 2.05) is 0 Å². The molecule has 4 nitrogen and oxygen atoms in total. The molecule has 1 aliphatic heterocycles. The lowest BCUT2D eigenvalue weighted by Gasteiger charge is -2.35. The number of ether oxygens (including phenoxy) is 3. The maximum Gasteiger partial charge on any atom is 0.310 e. The van der Waals surface area contributed by atoms with Crippen molar-refractivity contribution < 1.29 is 23.4 Å². The molecular weight excluding hydrogens is 299 g/mol. The Bertz CT molecular complexity index is 558. The Labute approximate surface area is 136 Å². The van der Waals surface area contributed by atoms with E-state index in [1.54, 1.807) is 13.0 Å². The van der Waals surface area contributed by atoms with E-state index in [0.717, 1.165) is 18.4 Å². The van der Waals surface area contributed by atoms with Crippen LogP contribution in [0.1, 0.15) is 50.8 Å². The van der Waals surface area contributed by atoms with Crippen molar-refractivity contribution >= 4 is 5.97 Å². The second-order valence-corrected chi connectivity index (χ2v) is 6.68. The van der Waals surface area contributed by atoms with Gasteiger partial charge in [0.25, 0.3) is 0 Å². The van der Waals surface area contributed by atoms with E-state index in [4.69, 9.17) is 14.2 Å². The van der Waals surface area contributed by atoms with Gasteiger partial charge >= 0.3 is 5.97 Å². The molecule has 1 aliphatic rings. The van der Waals surface area contributed by atoms with Crippen LogP contribution in [-0.4, -0.2) is 26.3 Å². The summed E-state index contributed by atoms with van der Waals surface area (Å²) in [7, 11) is 1.40. The van der Waals surface area contributed by atoms with Crippen molar-refractivity contribution in [3.63, 3.8) is 0 Å². The lowest BCUT2D eigenvalue weighted by Crippen LogP contribution is -2.27. The summed E-state index contributed by atoms with van der Waals surface area (Å²) >= 11 is 0. The SMILES string of the molecule is CCOC(=O)Cc1cc([C@H]2CCC(C)(C)CO2)cc(F)c1OC. The van der Waals surface area contributed by atoms with Crippen LogP contribution >= 0.6 is 0 Å². The number of hydrogen-bond acceptors (Lipinski definition) is 4. The van der Waals surface area contributed by atoms with Crippen LogP contribution in [0.25, 0.3) is 0 Å². The number of esters is 1. The maximum atomic E-state index is 14.3. The van der Waals surface area contributed by atoms with E-state index in [-0.39, 0.29) is 23.7 Å². The van der Waals surface area contributed by atoms with Gasteiger partial charge in [-0.25, -0.2) is 4.39 Å². The standard InChI is InChI=1S/C18H25FO4/c1-5-22-16(20)10-13-8-12(9-14(19)17(13)21-4)15-6-7-18(2,3)11-23-15/h8-9,15H,5-7,10-11H2,1-4H3/t15-/m1/s1. The maximum absolute atomic E-state index is 14.3. The van der Waals surface area contributed by atoms with Gasteiger partial charge < -0.3 is 14.2 Å². The van der Waals surface area contributed by atoms with Crippen molar-refractivity contribution in [1.82, 2.24) is 0 Å². The quantitative estimate of drug-likeness (QED) is 0.773. The van der Waals surface area contributed by atoms with Gasteiger partial charge in [-0.1, -0.05) is 13.8 Å². The average molecular weight is 324 g/mol. The van der Waals surface area contributed by atoms with Crippen LogP contribution in [-0.2, 0) is 20.7 Å². The van der Waals surface area contributed by atoms with Gasteiger partial charge in [0.05, 0.1) is 32.8 Å². The normalized spacial score (nSPS) is 20.1. The highest BCUT2D eigenvalue weighted by Crippen LogP contribution is 2.38. The van der Waals surface area contributed by atoms with Crippen LogP contribution in [0.3, 0.4) is 0 Å². The third kappa shape index (κ3) is 4.44. The fraction of sp³-hybridized carbons (Fsp3) is 0.611. The molecular formula is C18H25FO4. The molecule has 0 spiro atoms. The molecule has 0 radical (unpaired) electrons. The highest BCUT2D eigenvalue weighted by molar-refractivity contribution is 5.73. The summed E-state index contributed by atoms with van der Waals surface area (Å²) in [5.74, 6) is -0.774. The summed E-state index contributed by atoms with van der Waals surface area (Å²) in [4.78, 5) is 11.7. The third-order valence-electron chi connectivity index (χ3n) is 4.12. The Morgan fingerprint density at radius 2 is 2.17 bits per heavy atom. The van der Waals surface area contributed by atoms with E-state index in [9.17, 15) is 9.18 Å². The summed E-state index contributed by atoms with van der Waals surface area (Å²) in [6.07, 6.45) is 1.68. The fourth-order valence-corrected chi connectivity index (χ4v) is 2.85. The Balaban J connectivity index is 2.24. The first-order chi connectivity index (χ1) is 10.9. The van der Waals surface area contributed by atoms with E-state index in [1.165, 1.54) is 13.2 Å². The Morgan fingerprint density at radius 1 is 1.43 bits per heavy atom. The van der Waals surface area contributed by atoms with Crippen LogP contribution in [0.4, 0.5) is 4.39 Å². The number of halogens is 1. The smallest absolute Gasteiger partial charge is 0.310 e. The minimum Gasteiger partial charge on any atom is -0.493 e. The molecule has 0 aromatic heterocycles. The first-order valence-corrected chi connectivity index (χ1v) is 8.00. The van der Waals surface area contributed by atoms with Crippen LogP contribution in [0.2, 0.25) is 0 Å². The van der Waals surface area contributed by atoms with E-state index >= 15 is 0 Å². The molecule has 1 heterocycles. The number of carbonyl (C=O) groups excluding carboxylic acids is 1. The first kappa shape index (κ1) is 17.7. The number of rotatable bonds is 5. The van der Waals surface area contributed by atoms with E-state index in [2.05, 4.69) is 13.8 Å². The van der Waals surface area contributed by atoms with Crippen LogP contribution in [0.15, 0.2) is 12.1 Å². The molecule has 1 aromatic rings. The van der Waals surface area contributed by atoms with Crippen molar-refractivity contribution in [2.75, 3.05) is 20.3 Å². The van der Waals surface area contributed by atoms with Crippen molar-refractivity contribution in [2.24, 2.45) is 5.41 Å². The summed E-state index contributed by atoms with van der Waals surface area (Å²) < 4.78 is 30.3. The molecule has 1 aromatic carbocycles. The number of carbonyl (C=O) groups is 1. The molecule has 128 valence electrons. The van der Waals surface area contributed by atoms with Crippen molar-refractivity contribution in [2.45, 2.75) is 46.1 Å². The van der Waals surface area contributed by atoms with Crippen molar-refractivity contribution in [3.8, 4) is 5.75 Å². The van der Waals surface area contributed by atoms with E-state index in [0.29, 0.717) is 18.8 Å². The van der Waals surface area contributed by atoms with Gasteiger partial charge in [-0.15, -0.1) is 0 Å². The predicted molar refractivity (Wildman–Crippen MR) is 85.0 cm³/mol. The fourth-order valence-electron chi connectivity index (χ4n) is 2.85. The number of benzene rings is 1. The molecule has 0 unspecified atom stereocenters. The summed E-state index contributed by atoms with van der Waals surface area (Å²) in [6.45, 7) is 6.99. The third-order valence-corrected chi connectivity index (χ3v) is 4.12. The summed E-state index contributed by atoms with van der Waals surface area (Å²) in [6, 6.07) is 3.23. The average Bonchev–Trinajstić information content (AvgIpc) is 2.47. The van der Waals surface area contributed by atoms with E-state index < -0.39 is 11.8 Å². The van der Waals surface area contributed by atoms with Crippen LogP contribution in [0, 0.1) is 11.2 Å². The molecule has 0 N–H and O–H groups in total. The molecule has 5 heteroatoms. The minimum atomic E-state index is -0.474. The Morgan fingerprint density at radius 3 is 2.74 bits per heavy atom. The molecule has 1 saturated heterocycles. The van der Waals surface area contributed by atoms with Crippen molar-refractivity contribution in [1.29, 1.82) is 0 Å². The molecule has 0 amide bonds. The zero-order valence-corrected chi connectivity index (χ0v) is 14.3. The zero-order chi connectivity index (χ0) is 17.0. The minimum absolute atomic E-state index is 0.0139. The summed E-state index contributed by atoms with van der Waals surface area (Å²) in [5, 5.41) is 0. The highest BCUT2D eigenvalue weighted by Gasteiger charge is 2.29. The predicted octanol–water partition coefficient (Wildman–Crippen LogP) is 3.82. The molecule has 0 saturated carbocycles. The second kappa shape index (κ2) is 7.30. The molecule has 1 atom stereocenters. The van der Waals surface area contributed by atoms with Gasteiger partial charge in [0.1, 0.15) is 0 Å². The second-order valence-electron chi connectivity index (χ2n) is 6.68. The molecule has 0 bridgehead atoms. The number of methoxy groups -OCH3 is 1. The van der Waals surface area contributed by atoms with Crippen molar-refractivity contribution in [3.05, 3.63) is 29.1 Å². The van der Waals surface area contributed by atoms with Gasteiger partial charge in [-0.05, 0) is 42.9 Å². The first-order valence-electron chi connectivity index (χ1n) is 8.00. The largest absolute Gasteiger partial charge is 0.493 e. The lowest BCUT2D eigenvalue weighted by molar-refractivity contribution is -0.142. The number of hydrogen-bond donors (Lipinski definition) is 0. The van der Waals surface area contributed by atoms with Gasteiger partial charge in [0, 0.05) is 5.56 Å². The summed E-state index contributed by atoms with van der Waals surface area (Å²) in [5.41, 5.74) is 1.39. The van der Waals surface area contributed by atoms with Crippen LogP contribution < -0.4 is 4.74 Å². The molecule has 23 heavy (non-hydrogen) atoms. The monoisotopic (exact) mass is 324 g/mol. The zero-order valence-electron chi connectivity index (χ0n) is 14.3. The van der Waals surface area contributed by atoms with Gasteiger partial charge in [0.15, 0.2) is 11.6 Å². The van der Waals surface area contributed by atoms with Crippen LogP contribution in [0.5, 0.6) is 5.75 Å². The van der Waals surface area contributed by atoms with Gasteiger partial charge in [-0.3, -0.25) is 4.79 Å². The topological polar surface area (TPSA) is 44.8 Å². The molecule has 1 fully saturated rings. The van der Waals surface area contributed by atoms with Gasteiger partial charge in [-0.2, -0.15) is 0 Å². The Kier molecular flexibility index (Phi) is 5.63. The Hall–Kier alpha value is -1.62. The molecule has 0 aliphatic carbocycles. The lowest BCUT2D eigenvalue weighted by atomic mass is 9.84. The molecule has 2 rings (SSSR count). The van der Waals surface area contributed by atoms with Gasteiger partial charge in [0.2, 0.25) is 0 Å². The highest BCUT2D eigenvalue weighted by atomic mass is 19.1.